The molecular formula is C16H11BrClN3O. The van der Waals surface area contributed by atoms with Crippen molar-refractivity contribution in [3.8, 4) is 5.69 Å². The molecule has 0 aliphatic carbocycles. The van der Waals surface area contributed by atoms with Crippen molar-refractivity contribution in [2.45, 2.75) is 0 Å². The normalized spacial score (nSPS) is 10.5. The number of nitrogens with zero attached hydrogens (tertiary/aromatic N) is 2. The number of aromatic nitrogens is 2. The molecule has 110 valence electrons. The van der Waals surface area contributed by atoms with E-state index < -0.39 is 0 Å². The Bertz CT molecular complexity index is 797. The van der Waals surface area contributed by atoms with Gasteiger partial charge >= 0.3 is 0 Å². The van der Waals surface area contributed by atoms with E-state index in [9.17, 15) is 4.79 Å². The molecule has 1 heterocycles. The summed E-state index contributed by atoms with van der Waals surface area (Å²) in [5, 5.41) is 7.64. The van der Waals surface area contributed by atoms with E-state index in [0.29, 0.717) is 16.3 Å². The zero-order valence-corrected chi connectivity index (χ0v) is 13.7. The van der Waals surface area contributed by atoms with Gasteiger partial charge in [-0.15, -0.1) is 0 Å². The van der Waals surface area contributed by atoms with Gasteiger partial charge in [0.15, 0.2) is 0 Å². The number of hydrogen-bond donors (Lipinski definition) is 1. The van der Waals surface area contributed by atoms with Gasteiger partial charge in [0.2, 0.25) is 0 Å². The molecule has 0 saturated carbocycles. The summed E-state index contributed by atoms with van der Waals surface area (Å²) in [5.41, 5.74) is 2.05. The second-order valence-electron chi connectivity index (χ2n) is 4.61. The molecule has 22 heavy (non-hydrogen) atoms. The first-order valence-corrected chi connectivity index (χ1v) is 7.66. The summed E-state index contributed by atoms with van der Waals surface area (Å²) >= 11 is 9.20. The second kappa shape index (κ2) is 6.34. The van der Waals surface area contributed by atoms with Crippen molar-refractivity contribution in [1.29, 1.82) is 0 Å². The second-order valence-corrected chi connectivity index (χ2v) is 5.96. The number of carbonyl (C=O) groups excluding carboxylic acids is 1. The van der Waals surface area contributed by atoms with Crippen LogP contribution in [0.1, 0.15) is 10.4 Å². The first-order chi connectivity index (χ1) is 10.6. The monoisotopic (exact) mass is 375 g/mol. The summed E-state index contributed by atoms with van der Waals surface area (Å²) in [6.45, 7) is 0. The van der Waals surface area contributed by atoms with Gasteiger partial charge < -0.3 is 5.32 Å². The molecule has 0 aliphatic rings. The quantitative estimate of drug-likeness (QED) is 0.729. The summed E-state index contributed by atoms with van der Waals surface area (Å²) in [4.78, 5) is 12.2. The fraction of sp³-hybridized carbons (Fsp3) is 0. The molecule has 0 radical (unpaired) electrons. The third kappa shape index (κ3) is 3.37. The van der Waals surface area contributed by atoms with Gasteiger partial charge in [-0.1, -0.05) is 27.5 Å². The van der Waals surface area contributed by atoms with Gasteiger partial charge in [0.05, 0.1) is 17.4 Å². The van der Waals surface area contributed by atoms with E-state index in [0.717, 1.165) is 10.2 Å². The molecule has 0 atom stereocenters. The van der Waals surface area contributed by atoms with Crippen LogP contribution >= 0.6 is 27.5 Å². The molecule has 1 aromatic heterocycles. The number of halogens is 2. The molecule has 0 bridgehead atoms. The largest absolute Gasteiger partial charge is 0.322 e. The number of carbonyl (C=O) groups is 1. The van der Waals surface area contributed by atoms with Crippen molar-refractivity contribution in [1.82, 2.24) is 9.78 Å². The number of benzene rings is 2. The van der Waals surface area contributed by atoms with Crippen LogP contribution in [-0.4, -0.2) is 15.7 Å². The molecule has 6 heteroatoms. The predicted molar refractivity (Wildman–Crippen MR) is 90.7 cm³/mol. The minimum Gasteiger partial charge on any atom is -0.322 e. The van der Waals surface area contributed by atoms with Crippen LogP contribution in [0.2, 0.25) is 5.02 Å². The van der Waals surface area contributed by atoms with E-state index >= 15 is 0 Å². The Morgan fingerprint density at radius 2 is 1.77 bits per heavy atom. The summed E-state index contributed by atoms with van der Waals surface area (Å²) in [6, 6.07) is 14.6. The van der Waals surface area contributed by atoms with Crippen molar-refractivity contribution >= 4 is 39.1 Å². The molecule has 1 N–H and O–H groups in total. The Morgan fingerprint density at radius 1 is 1.09 bits per heavy atom. The number of amides is 1. The standard InChI is InChI=1S/C16H11BrClN3O/c17-12-1-7-15(8-2-12)21-10-11(9-19-21)16(22)20-14-5-3-13(18)4-6-14/h1-10H,(H,20,22). The van der Waals surface area contributed by atoms with E-state index in [4.69, 9.17) is 11.6 Å². The van der Waals surface area contributed by atoms with Crippen LogP contribution in [-0.2, 0) is 0 Å². The van der Waals surface area contributed by atoms with Gasteiger partial charge in [-0.25, -0.2) is 4.68 Å². The van der Waals surface area contributed by atoms with Crippen molar-refractivity contribution in [2.24, 2.45) is 0 Å². The molecule has 2 aromatic carbocycles. The number of nitrogens with one attached hydrogen (secondary N) is 1. The SMILES string of the molecule is O=C(Nc1ccc(Cl)cc1)c1cnn(-c2ccc(Br)cc2)c1. The van der Waals surface area contributed by atoms with E-state index in [-0.39, 0.29) is 5.91 Å². The summed E-state index contributed by atoms with van der Waals surface area (Å²) in [7, 11) is 0. The van der Waals surface area contributed by atoms with E-state index in [1.165, 1.54) is 6.20 Å². The van der Waals surface area contributed by atoms with Gasteiger partial charge in [0.25, 0.3) is 5.91 Å². The molecule has 0 saturated heterocycles. The van der Waals surface area contributed by atoms with Crippen molar-refractivity contribution in [3.05, 3.63) is 76.0 Å². The van der Waals surface area contributed by atoms with Gasteiger partial charge in [-0.2, -0.15) is 5.10 Å². The van der Waals surface area contributed by atoms with Crippen LogP contribution in [0.3, 0.4) is 0 Å². The number of anilines is 1. The third-order valence-electron chi connectivity index (χ3n) is 3.04. The topological polar surface area (TPSA) is 46.9 Å². The highest BCUT2D eigenvalue weighted by Gasteiger charge is 2.09. The lowest BCUT2D eigenvalue weighted by Crippen LogP contribution is -2.10. The Labute approximate surface area is 140 Å². The lowest BCUT2D eigenvalue weighted by molar-refractivity contribution is 0.102. The maximum absolute atomic E-state index is 12.2. The maximum Gasteiger partial charge on any atom is 0.258 e. The average Bonchev–Trinajstić information content (AvgIpc) is 3.00. The number of hydrogen-bond acceptors (Lipinski definition) is 2. The molecular weight excluding hydrogens is 366 g/mol. The number of rotatable bonds is 3. The minimum absolute atomic E-state index is 0.217. The molecule has 3 rings (SSSR count). The third-order valence-corrected chi connectivity index (χ3v) is 3.82. The Balaban J connectivity index is 1.76. The van der Waals surface area contributed by atoms with Crippen molar-refractivity contribution < 1.29 is 4.79 Å². The van der Waals surface area contributed by atoms with Crippen LogP contribution < -0.4 is 5.32 Å². The van der Waals surface area contributed by atoms with Gasteiger partial charge in [-0.3, -0.25) is 4.79 Å². The Hall–Kier alpha value is -2.11. The van der Waals surface area contributed by atoms with Crippen molar-refractivity contribution in [2.75, 3.05) is 5.32 Å². The smallest absolute Gasteiger partial charge is 0.258 e. The molecule has 0 fully saturated rings. The van der Waals surface area contributed by atoms with Gasteiger partial charge in [-0.05, 0) is 48.5 Å². The first kappa shape index (κ1) is 14.8. The van der Waals surface area contributed by atoms with Crippen LogP contribution in [0.5, 0.6) is 0 Å². The summed E-state index contributed by atoms with van der Waals surface area (Å²) in [6.07, 6.45) is 3.22. The highest BCUT2D eigenvalue weighted by molar-refractivity contribution is 9.10. The van der Waals surface area contributed by atoms with E-state index in [2.05, 4.69) is 26.3 Å². The van der Waals surface area contributed by atoms with Crippen LogP contribution in [0.25, 0.3) is 5.69 Å². The Kier molecular flexibility index (Phi) is 4.27. The van der Waals surface area contributed by atoms with E-state index in [1.807, 2.05) is 24.3 Å². The lowest BCUT2D eigenvalue weighted by atomic mass is 10.3. The molecule has 1 amide bonds. The average molecular weight is 377 g/mol. The van der Waals surface area contributed by atoms with Crippen molar-refractivity contribution in [3.63, 3.8) is 0 Å². The molecule has 0 spiro atoms. The van der Waals surface area contributed by atoms with Gasteiger partial charge in [0, 0.05) is 21.4 Å². The fourth-order valence-corrected chi connectivity index (χ4v) is 2.30. The van der Waals surface area contributed by atoms with Crippen LogP contribution in [0.4, 0.5) is 5.69 Å². The van der Waals surface area contributed by atoms with Gasteiger partial charge in [0.1, 0.15) is 0 Å². The molecule has 0 unspecified atom stereocenters. The zero-order chi connectivity index (χ0) is 15.5. The first-order valence-electron chi connectivity index (χ1n) is 6.49. The summed E-state index contributed by atoms with van der Waals surface area (Å²) < 4.78 is 2.65. The van der Waals surface area contributed by atoms with Crippen LogP contribution in [0, 0.1) is 0 Å². The molecule has 0 aliphatic heterocycles. The van der Waals surface area contributed by atoms with Crippen LogP contribution in [0.15, 0.2) is 65.4 Å². The highest BCUT2D eigenvalue weighted by atomic mass is 79.9. The molecule has 3 aromatic rings. The minimum atomic E-state index is -0.217. The summed E-state index contributed by atoms with van der Waals surface area (Å²) in [5.74, 6) is -0.217. The van der Waals surface area contributed by atoms with E-state index in [1.54, 1.807) is 35.1 Å². The zero-order valence-electron chi connectivity index (χ0n) is 11.3. The lowest BCUT2D eigenvalue weighted by Gasteiger charge is -2.03. The maximum atomic E-state index is 12.2. The molecule has 4 nitrogen and oxygen atoms in total. The Morgan fingerprint density at radius 3 is 2.45 bits per heavy atom. The fourth-order valence-electron chi connectivity index (χ4n) is 1.91. The highest BCUT2D eigenvalue weighted by Crippen LogP contribution is 2.16. The predicted octanol–water partition coefficient (Wildman–Crippen LogP) is 4.54.